The van der Waals surface area contributed by atoms with Crippen molar-refractivity contribution in [3.8, 4) is 0 Å². The van der Waals surface area contributed by atoms with Crippen molar-refractivity contribution in [3.05, 3.63) is 39.9 Å². The zero-order chi connectivity index (χ0) is 24.0. The largest absolute Gasteiger partial charge is 0.306 e. The predicted octanol–water partition coefficient (Wildman–Crippen LogP) is 3.87. The van der Waals surface area contributed by atoms with Crippen molar-refractivity contribution < 1.29 is 17.6 Å². The molecule has 0 bridgehead atoms. The summed E-state index contributed by atoms with van der Waals surface area (Å²) in [6, 6.07) is 2.58. The summed E-state index contributed by atoms with van der Waals surface area (Å²) in [5.74, 6) is -1.75. The Morgan fingerprint density at radius 1 is 1.27 bits per heavy atom. The molecule has 0 spiro atoms. The van der Waals surface area contributed by atoms with Crippen LogP contribution in [0.15, 0.2) is 28.6 Å². The Labute approximate surface area is 201 Å². The lowest BCUT2D eigenvalue weighted by Gasteiger charge is -2.27. The fourth-order valence-corrected chi connectivity index (χ4v) is 6.51. The summed E-state index contributed by atoms with van der Waals surface area (Å²) in [4.78, 5) is 17.6. The van der Waals surface area contributed by atoms with Crippen molar-refractivity contribution in [1.82, 2.24) is 19.1 Å². The Hall–Kier alpha value is -1.88. The van der Waals surface area contributed by atoms with Crippen LogP contribution in [0.25, 0.3) is 0 Å². The van der Waals surface area contributed by atoms with Gasteiger partial charge in [0, 0.05) is 25.6 Å². The predicted molar refractivity (Wildman–Crippen MR) is 122 cm³/mol. The number of benzene rings is 1. The smallest absolute Gasteiger partial charge is 0.278 e. The lowest BCUT2D eigenvalue weighted by Crippen LogP contribution is -2.32. The Morgan fingerprint density at radius 2 is 1.97 bits per heavy atom. The molecule has 12 heteroatoms. The van der Waals surface area contributed by atoms with E-state index in [1.807, 2.05) is 6.92 Å². The summed E-state index contributed by atoms with van der Waals surface area (Å²) in [5, 5.41) is 7.31. The summed E-state index contributed by atoms with van der Waals surface area (Å²) in [7, 11) is -2.36. The van der Waals surface area contributed by atoms with E-state index in [1.165, 1.54) is 34.4 Å². The second kappa shape index (κ2) is 9.05. The van der Waals surface area contributed by atoms with Crippen molar-refractivity contribution >= 4 is 44.8 Å². The first-order chi connectivity index (χ1) is 15.5. The molecule has 1 saturated carbocycles. The number of aliphatic imine (C=N–C) groups is 1. The summed E-state index contributed by atoms with van der Waals surface area (Å²) < 4.78 is 43.2. The Kier molecular flexibility index (Phi) is 6.65. The van der Waals surface area contributed by atoms with E-state index in [9.17, 15) is 17.6 Å². The minimum Gasteiger partial charge on any atom is -0.306 e. The molecule has 2 heterocycles. The zero-order valence-electron chi connectivity index (χ0n) is 18.3. The summed E-state index contributed by atoms with van der Waals surface area (Å²) in [5.41, 5.74) is -0.207. The van der Waals surface area contributed by atoms with Gasteiger partial charge in [0.05, 0.1) is 27.2 Å². The van der Waals surface area contributed by atoms with Crippen LogP contribution in [0.3, 0.4) is 0 Å². The highest BCUT2D eigenvalue weighted by Gasteiger charge is 2.41. The van der Waals surface area contributed by atoms with E-state index in [2.05, 4.69) is 15.2 Å². The van der Waals surface area contributed by atoms with Gasteiger partial charge in [0.2, 0.25) is 5.91 Å². The number of hydrogen-bond donors (Lipinski definition) is 0. The first-order valence-corrected chi connectivity index (χ1v) is 12.9. The van der Waals surface area contributed by atoms with E-state index in [4.69, 9.17) is 23.2 Å². The topological polar surface area (TPSA) is 97.5 Å². The van der Waals surface area contributed by atoms with E-state index in [0.29, 0.717) is 6.42 Å². The van der Waals surface area contributed by atoms with Crippen LogP contribution in [0, 0.1) is 17.2 Å². The highest BCUT2D eigenvalue weighted by atomic mass is 35.5. The first kappa shape index (κ1) is 24.3. The van der Waals surface area contributed by atoms with Gasteiger partial charge in [-0.25, -0.2) is 17.8 Å². The maximum Gasteiger partial charge on any atom is 0.278 e. The Balaban J connectivity index is 1.66. The zero-order valence-corrected chi connectivity index (χ0v) is 20.6. The van der Waals surface area contributed by atoms with Crippen molar-refractivity contribution in [2.45, 2.75) is 44.2 Å². The van der Waals surface area contributed by atoms with Crippen molar-refractivity contribution in [2.75, 3.05) is 13.1 Å². The number of hydrogen-bond acceptors (Lipinski definition) is 5. The van der Waals surface area contributed by atoms with Crippen LogP contribution in [0.1, 0.15) is 44.6 Å². The number of halogens is 3. The average molecular weight is 516 g/mol. The van der Waals surface area contributed by atoms with Gasteiger partial charge in [0.25, 0.3) is 15.2 Å². The minimum absolute atomic E-state index is 0.0225. The van der Waals surface area contributed by atoms with Crippen LogP contribution in [0.5, 0.6) is 0 Å². The number of carbonyl (C=O) groups excluding carboxylic acids is 1. The van der Waals surface area contributed by atoms with Crippen LogP contribution in [0.2, 0.25) is 10.0 Å². The van der Waals surface area contributed by atoms with Gasteiger partial charge in [-0.15, -0.1) is 10.2 Å². The molecule has 8 nitrogen and oxygen atoms in total. The molecule has 1 aliphatic heterocycles. The van der Waals surface area contributed by atoms with E-state index < -0.39 is 33.1 Å². The van der Waals surface area contributed by atoms with Gasteiger partial charge in [0.1, 0.15) is 12.1 Å². The highest BCUT2D eigenvalue weighted by Crippen LogP contribution is 2.44. The number of aryl methyl sites for hydroxylation is 1. The molecule has 2 fully saturated rings. The van der Waals surface area contributed by atoms with Gasteiger partial charge >= 0.3 is 0 Å². The maximum atomic E-state index is 14.9. The molecule has 1 atom stereocenters. The van der Waals surface area contributed by atoms with Gasteiger partial charge in [-0.2, -0.15) is 4.31 Å². The van der Waals surface area contributed by atoms with Crippen LogP contribution in [-0.4, -0.2) is 52.2 Å². The number of rotatable bonds is 5. The lowest BCUT2D eigenvalue weighted by molar-refractivity contribution is -0.121. The normalized spacial score (nSPS) is 21.6. The van der Waals surface area contributed by atoms with Crippen LogP contribution >= 0.6 is 23.2 Å². The molecule has 0 N–H and O–H groups in total. The third-order valence-corrected chi connectivity index (χ3v) is 9.17. The van der Waals surface area contributed by atoms with Crippen molar-refractivity contribution in [1.29, 1.82) is 0 Å². The molecule has 178 valence electrons. The molecule has 1 amide bonds. The molecule has 1 aromatic heterocycles. The number of amides is 1. The maximum absolute atomic E-state index is 14.9. The molecular weight excluding hydrogens is 492 g/mol. The third-order valence-electron chi connectivity index (χ3n) is 6.52. The second-order valence-electron chi connectivity index (χ2n) is 8.86. The second-order valence-corrected chi connectivity index (χ2v) is 11.5. The SMILES string of the molecule is Cn1cnnc1S(=O)(=O)N1CC[C@H](C(=O)N=C(c2c(F)ccc(Cl)c2Cl)C2(C)CCCC2)C1. The summed E-state index contributed by atoms with van der Waals surface area (Å²) in [6.45, 7) is 2.07. The van der Waals surface area contributed by atoms with Crippen LogP contribution in [0.4, 0.5) is 4.39 Å². The van der Waals surface area contributed by atoms with Gasteiger partial charge in [-0.1, -0.05) is 43.0 Å². The van der Waals surface area contributed by atoms with E-state index in [0.717, 1.165) is 25.7 Å². The summed E-state index contributed by atoms with van der Waals surface area (Å²) in [6.07, 6.45) is 4.92. The number of nitrogens with zero attached hydrogens (tertiary/aromatic N) is 5. The average Bonchev–Trinajstić information content (AvgIpc) is 3.51. The van der Waals surface area contributed by atoms with Gasteiger partial charge in [-0.3, -0.25) is 4.79 Å². The van der Waals surface area contributed by atoms with Gasteiger partial charge < -0.3 is 4.57 Å². The third kappa shape index (κ3) is 4.45. The molecule has 1 aliphatic carbocycles. The molecular formula is C21H24Cl2FN5O3S. The molecule has 4 rings (SSSR count). The molecule has 33 heavy (non-hydrogen) atoms. The number of sulfonamides is 1. The number of carbonyl (C=O) groups is 1. The summed E-state index contributed by atoms with van der Waals surface area (Å²) >= 11 is 12.5. The standard InChI is InChI=1S/C21H24Cl2FN5O3S/c1-21(8-3-4-9-21)18(16-15(24)6-5-14(22)17(16)23)26-19(30)13-7-10-29(11-13)33(31,32)20-27-25-12-28(20)2/h5-6,12-13H,3-4,7-11H2,1-2H3/t13-/m0/s1. The Bertz CT molecular complexity index is 1220. The van der Waals surface area contributed by atoms with Crippen molar-refractivity contribution in [3.63, 3.8) is 0 Å². The van der Waals surface area contributed by atoms with Gasteiger partial charge in [0.15, 0.2) is 0 Å². The molecule has 1 aromatic carbocycles. The van der Waals surface area contributed by atoms with Crippen LogP contribution < -0.4 is 0 Å². The highest BCUT2D eigenvalue weighted by molar-refractivity contribution is 7.89. The van der Waals surface area contributed by atoms with E-state index in [-0.39, 0.29) is 39.6 Å². The monoisotopic (exact) mass is 515 g/mol. The van der Waals surface area contributed by atoms with E-state index in [1.54, 1.807) is 0 Å². The molecule has 0 radical (unpaired) electrons. The quantitative estimate of drug-likeness (QED) is 0.444. The fourth-order valence-electron chi connectivity index (χ4n) is 4.60. The fraction of sp³-hybridized carbons (Fsp3) is 0.524. The molecule has 2 aromatic rings. The van der Waals surface area contributed by atoms with Gasteiger partial charge in [-0.05, 0) is 31.4 Å². The molecule has 2 aliphatic rings. The minimum atomic E-state index is -3.90. The van der Waals surface area contributed by atoms with E-state index >= 15 is 0 Å². The first-order valence-electron chi connectivity index (χ1n) is 10.7. The lowest BCUT2D eigenvalue weighted by atomic mass is 9.79. The van der Waals surface area contributed by atoms with Crippen molar-refractivity contribution in [2.24, 2.45) is 23.4 Å². The Morgan fingerprint density at radius 3 is 2.61 bits per heavy atom. The molecule has 0 unspecified atom stereocenters. The molecule has 1 saturated heterocycles. The van der Waals surface area contributed by atoms with Crippen LogP contribution in [-0.2, 0) is 21.9 Å². The number of aromatic nitrogens is 3.